The quantitative estimate of drug-likeness (QED) is 0.457. The molecule has 0 radical (unpaired) electrons. The number of anilines is 4. The number of piperazine rings is 1. The molecule has 1 saturated heterocycles. The van der Waals surface area contributed by atoms with Gasteiger partial charge >= 0.3 is 0 Å². The number of nitrogens with one attached hydrogen (secondary N) is 2. The van der Waals surface area contributed by atoms with Gasteiger partial charge in [0.05, 0.1) is 5.69 Å². The summed E-state index contributed by atoms with van der Waals surface area (Å²) in [6.07, 6.45) is 1.61. The van der Waals surface area contributed by atoms with Crippen molar-refractivity contribution in [3.63, 3.8) is 0 Å². The maximum atomic E-state index is 11.4. The minimum Gasteiger partial charge on any atom is -0.369 e. The van der Waals surface area contributed by atoms with Crippen molar-refractivity contribution in [2.45, 2.75) is 0 Å². The molecule has 0 aliphatic carbocycles. The lowest BCUT2D eigenvalue weighted by Gasteiger charge is -2.34. The molecule has 0 amide bonds. The first kappa shape index (κ1) is 21.4. The minimum absolute atomic E-state index is 0.550. The van der Waals surface area contributed by atoms with Crippen LogP contribution in [0.2, 0.25) is 0 Å². The Labute approximate surface area is 195 Å². The fourth-order valence-corrected chi connectivity index (χ4v) is 4.47. The molecule has 1 aliphatic rings. The highest BCUT2D eigenvalue weighted by atomic mass is 32.2. The van der Waals surface area contributed by atoms with E-state index >= 15 is 0 Å². The van der Waals surface area contributed by atoms with Crippen LogP contribution in [0.5, 0.6) is 0 Å². The van der Waals surface area contributed by atoms with Crippen LogP contribution in [-0.2, 0) is 11.0 Å². The van der Waals surface area contributed by atoms with E-state index in [1.165, 1.54) is 5.69 Å². The van der Waals surface area contributed by atoms with E-state index in [2.05, 4.69) is 56.1 Å². The second-order valence-electron chi connectivity index (χ2n) is 8.21. The van der Waals surface area contributed by atoms with Crippen LogP contribution in [0.4, 0.5) is 23.0 Å². The zero-order valence-corrected chi connectivity index (χ0v) is 19.5. The van der Waals surface area contributed by atoms with E-state index in [9.17, 15) is 4.21 Å². The van der Waals surface area contributed by atoms with Gasteiger partial charge in [0, 0.05) is 55.1 Å². The summed E-state index contributed by atoms with van der Waals surface area (Å²) in [4.78, 5) is 9.41. The van der Waals surface area contributed by atoms with E-state index in [-0.39, 0.29) is 0 Å². The van der Waals surface area contributed by atoms with Crippen LogP contribution in [0.25, 0.3) is 16.9 Å². The number of pyridine rings is 1. The van der Waals surface area contributed by atoms with Crippen molar-refractivity contribution < 1.29 is 4.21 Å². The van der Waals surface area contributed by atoms with E-state index in [1.807, 2.05) is 47.0 Å². The van der Waals surface area contributed by atoms with E-state index in [1.54, 1.807) is 6.26 Å². The standard InChI is InChI=1S/C24H27N7OS/c1-29-14-16-30(17-15-29)21-12-10-19(11-13-21)25-24-26-23-5-3-4-22(31(23)27-24)18-6-8-20(9-7-18)28-33(2)32/h3-13,28H,14-17H2,1-2H3,(H,25,27). The summed E-state index contributed by atoms with van der Waals surface area (Å²) < 4.78 is 16.1. The Bertz CT molecular complexity index is 1260. The number of fused-ring (bicyclic) bond motifs is 1. The normalized spacial score (nSPS) is 15.5. The predicted octanol–water partition coefficient (Wildman–Crippen LogP) is 3.60. The molecule has 1 fully saturated rings. The third kappa shape index (κ3) is 4.84. The molecule has 3 heterocycles. The largest absolute Gasteiger partial charge is 0.369 e. The lowest BCUT2D eigenvalue weighted by molar-refractivity contribution is 0.313. The highest BCUT2D eigenvalue weighted by Crippen LogP contribution is 2.25. The van der Waals surface area contributed by atoms with Crippen molar-refractivity contribution in [2.75, 3.05) is 54.4 Å². The number of aromatic nitrogens is 3. The van der Waals surface area contributed by atoms with Crippen molar-refractivity contribution in [3.05, 3.63) is 66.7 Å². The SMILES string of the molecule is CN1CCN(c2ccc(Nc3nc4cccc(-c5ccc(NS(C)=O)cc5)n4n3)cc2)CC1. The van der Waals surface area contributed by atoms with Crippen molar-refractivity contribution in [2.24, 2.45) is 0 Å². The van der Waals surface area contributed by atoms with Crippen molar-refractivity contribution in [1.82, 2.24) is 19.5 Å². The summed E-state index contributed by atoms with van der Waals surface area (Å²) in [6, 6.07) is 22.1. The molecule has 5 rings (SSSR count). The van der Waals surface area contributed by atoms with Crippen molar-refractivity contribution in [1.29, 1.82) is 0 Å². The topological polar surface area (TPSA) is 77.8 Å². The first-order valence-electron chi connectivity index (χ1n) is 10.9. The second-order valence-corrected chi connectivity index (χ2v) is 9.32. The number of hydrogen-bond acceptors (Lipinski definition) is 6. The minimum atomic E-state index is -1.10. The molecule has 2 aromatic carbocycles. The Kier molecular flexibility index (Phi) is 5.97. The van der Waals surface area contributed by atoms with E-state index in [4.69, 9.17) is 5.10 Å². The summed E-state index contributed by atoms with van der Waals surface area (Å²) >= 11 is 0. The number of benzene rings is 2. The van der Waals surface area contributed by atoms with Gasteiger partial charge in [-0.1, -0.05) is 18.2 Å². The third-order valence-electron chi connectivity index (χ3n) is 5.79. The molecule has 170 valence electrons. The van der Waals surface area contributed by atoms with Crippen molar-refractivity contribution in [3.8, 4) is 11.3 Å². The zero-order chi connectivity index (χ0) is 22.8. The molecule has 0 bridgehead atoms. The monoisotopic (exact) mass is 461 g/mol. The van der Waals surface area contributed by atoms with Gasteiger partial charge in [-0.2, -0.15) is 4.98 Å². The molecule has 4 aromatic rings. The maximum Gasteiger partial charge on any atom is 0.247 e. The molecule has 1 atom stereocenters. The van der Waals surface area contributed by atoms with Gasteiger partial charge in [0.2, 0.25) is 5.95 Å². The van der Waals surface area contributed by atoms with Gasteiger partial charge in [-0.25, -0.2) is 8.72 Å². The molecule has 0 saturated carbocycles. The van der Waals surface area contributed by atoms with Gasteiger partial charge in [-0.05, 0) is 55.6 Å². The summed E-state index contributed by atoms with van der Waals surface area (Å²) in [5, 5.41) is 8.02. The van der Waals surface area contributed by atoms with Crippen molar-refractivity contribution >= 4 is 39.6 Å². The van der Waals surface area contributed by atoms with Gasteiger partial charge < -0.3 is 19.8 Å². The predicted molar refractivity (Wildman–Crippen MR) is 136 cm³/mol. The van der Waals surface area contributed by atoms with Gasteiger partial charge in [-0.3, -0.25) is 0 Å². The summed E-state index contributed by atoms with van der Waals surface area (Å²) in [5.74, 6) is 0.550. The van der Waals surface area contributed by atoms with Gasteiger partial charge in [-0.15, -0.1) is 5.10 Å². The van der Waals surface area contributed by atoms with E-state index < -0.39 is 11.0 Å². The average molecular weight is 462 g/mol. The van der Waals surface area contributed by atoms with Crippen LogP contribution < -0.4 is 14.9 Å². The highest BCUT2D eigenvalue weighted by Gasteiger charge is 2.14. The molecule has 8 nitrogen and oxygen atoms in total. The van der Waals surface area contributed by atoms with Crippen LogP contribution in [0.15, 0.2) is 66.7 Å². The Morgan fingerprint density at radius 2 is 1.58 bits per heavy atom. The van der Waals surface area contributed by atoms with Gasteiger partial charge in [0.25, 0.3) is 0 Å². The summed E-state index contributed by atoms with van der Waals surface area (Å²) in [6.45, 7) is 4.27. The van der Waals surface area contributed by atoms with Crippen LogP contribution >= 0.6 is 0 Å². The maximum absolute atomic E-state index is 11.4. The molecule has 1 aliphatic heterocycles. The Balaban J connectivity index is 1.34. The Morgan fingerprint density at radius 1 is 0.879 bits per heavy atom. The molecular weight excluding hydrogens is 434 g/mol. The molecule has 9 heteroatoms. The molecule has 2 N–H and O–H groups in total. The Morgan fingerprint density at radius 3 is 2.27 bits per heavy atom. The third-order valence-corrected chi connectivity index (χ3v) is 6.32. The first-order chi connectivity index (χ1) is 16.0. The fraction of sp³-hybridized carbons (Fsp3) is 0.250. The lowest BCUT2D eigenvalue weighted by Crippen LogP contribution is -2.44. The summed E-state index contributed by atoms with van der Waals surface area (Å²) in [7, 11) is 1.07. The number of likely N-dealkylation sites (N-methyl/N-ethyl adjacent to an activating group) is 1. The number of rotatable bonds is 6. The lowest BCUT2D eigenvalue weighted by atomic mass is 10.1. The molecule has 33 heavy (non-hydrogen) atoms. The number of hydrogen-bond donors (Lipinski definition) is 2. The van der Waals surface area contributed by atoms with Crippen LogP contribution in [0, 0.1) is 0 Å². The molecular formula is C24H27N7OS. The van der Waals surface area contributed by atoms with Crippen LogP contribution in [0.3, 0.4) is 0 Å². The van der Waals surface area contributed by atoms with Gasteiger partial charge in [0.15, 0.2) is 5.65 Å². The van der Waals surface area contributed by atoms with Crippen LogP contribution in [0.1, 0.15) is 0 Å². The molecule has 0 spiro atoms. The molecule has 2 aromatic heterocycles. The fourth-order valence-electron chi connectivity index (χ4n) is 4.00. The second kappa shape index (κ2) is 9.21. The summed E-state index contributed by atoms with van der Waals surface area (Å²) in [5.41, 5.74) is 5.70. The molecule has 1 unspecified atom stereocenters. The zero-order valence-electron chi connectivity index (χ0n) is 18.7. The first-order valence-corrected chi connectivity index (χ1v) is 12.5. The highest BCUT2D eigenvalue weighted by molar-refractivity contribution is 7.85. The van der Waals surface area contributed by atoms with E-state index in [0.29, 0.717) is 5.95 Å². The van der Waals surface area contributed by atoms with Crippen LogP contribution in [-0.4, -0.2) is 63.2 Å². The Hall–Kier alpha value is -3.43. The van der Waals surface area contributed by atoms with E-state index in [0.717, 1.165) is 54.5 Å². The smallest absolute Gasteiger partial charge is 0.247 e. The average Bonchev–Trinajstić information content (AvgIpc) is 3.23. The van der Waals surface area contributed by atoms with Gasteiger partial charge in [0.1, 0.15) is 11.0 Å². The number of nitrogens with zero attached hydrogens (tertiary/aromatic N) is 5.